The predicted molar refractivity (Wildman–Crippen MR) is 98.2 cm³/mol. The van der Waals surface area contributed by atoms with Gasteiger partial charge in [0.05, 0.1) is 0 Å². The molecule has 0 fully saturated rings. The monoisotopic (exact) mass is 342 g/mol. The van der Waals surface area contributed by atoms with Crippen molar-refractivity contribution in [1.82, 2.24) is 0 Å². The van der Waals surface area contributed by atoms with Crippen LogP contribution in [0.5, 0.6) is 0 Å². The lowest BCUT2D eigenvalue weighted by Gasteiger charge is -2.23. The van der Waals surface area contributed by atoms with Crippen LogP contribution in [-0.2, 0) is 15.0 Å². The van der Waals surface area contributed by atoms with E-state index in [1.807, 2.05) is 24.3 Å². The zero-order valence-corrected chi connectivity index (χ0v) is 15.0. The van der Waals surface area contributed by atoms with E-state index in [4.69, 9.17) is 0 Å². The molecule has 0 aliphatic carbocycles. The number of amides is 2. The lowest BCUT2D eigenvalue weighted by atomic mass is 9.87. The van der Waals surface area contributed by atoms with Crippen LogP contribution in [0.15, 0.2) is 48.5 Å². The molecule has 0 spiro atoms. The van der Waals surface area contributed by atoms with Crippen molar-refractivity contribution in [1.29, 1.82) is 0 Å². The van der Waals surface area contributed by atoms with Crippen molar-refractivity contribution < 1.29 is 14.0 Å². The highest BCUT2D eigenvalue weighted by Crippen LogP contribution is 2.25. The van der Waals surface area contributed by atoms with E-state index in [1.54, 1.807) is 0 Å². The molecule has 0 saturated heterocycles. The topological polar surface area (TPSA) is 49.4 Å². The zero-order valence-electron chi connectivity index (χ0n) is 15.0. The second-order valence-electron chi connectivity index (χ2n) is 6.96. The summed E-state index contributed by atoms with van der Waals surface area (Å²) in [4.78, 5) is 25.6. The third-order valence-electron chi connectivity index (χ3n) is 3.85. The van der Waals surface area contributed by atoms with E-state index in [-0.39, 0.29) is 29.6 Å². The minimum atomic E-state index is -0.373. The van der Waals surface area contributed by atoms with Crippen molar-refractivity contribution in [2.45, 2.75) is 33.1 Å². The third kappa shape index (κ3) is 5.14. The van der Waals surface area contributed by atoms with Gasteiger partial charge in [0.2, 0.25) is 11.8 Å². The van der Waals surface area contributed by atoms with Gasteiger partial charge < -0.3 is 10.2 Å². The van der Waals surface area contributed by atoms with Crippen LogP contribution in [0.25, 0.3) is 0 Å². The van der Waals surface area contributed by atoms with Crippen LogP contribution in [0.3, 0.4) is 0 Å². The normalized spacial score (nSPS) is 11.1. The summed E-state index contributed by atoms with van der Waals surface area (Å²) in [5, 5.41) is 2.66. The summed E-state index contributed by atoms with van der Waals surface area (Å²) in [7, 11) is 0. The second kappa shape index (κ2) is 7.47. The lowest BCUT2D eigenvalue weighted by molar-refractivity contribution is -0.120. The summed E-state index contributed by atoms with van der Waals surface area (Å²) in [5.74, 6) is -0.943. The van der Waals surface area contributed by atoms with Gasteiger partial charge in [-0.15, -0.1) is 0 Å². The molecule has 0 heterocycles. The van der Waals surface area contributed by atoms with Crippen LogP contribution < -0.4 is 10.2 Å². The van der Waals surface area contributed by atoms with Crippen molar-refractivity contribution in [3.8, 4) is 0 Å². The van der Waals surface area contributed by atoms with Gasteiger partial charge in [-0.1, -0.05) is 32.9 Å². The molecule has 0 aromatic heterocycles. The van der Waals surface area contributed by atoms with Crippen LogP contribution in [0, 0.1) is 5.82 Å². The average Bonchev–Trinajstić information content (AvgIpc) is 2.54. The van der Waals surface area contributed by atoms with Gasteiger partial charge in [-0.3, -0.25) is 9.59 Å². The van der Waals surface area contributed by atoms with E-state index in [0.717, 1.165) is 5.56 Å². The van der Waals surface area contributed by atoms with Gasteiger partial charge in [0, 0.05) is 18.3 Å². The highest BCUT2D eigenvalue weighted by Gasteiger charge is 2.18. The molecule has 2 amide bonds. The Hall–Kier alpha value is -2.69. The number of rotatable bonds is 4. The fraction of sp³-hybridized carbons (Fsp3) is 0.300. The Bertz CT molecular complexity index is 747. The maximum atomic E-state index is 12.9. The molecule has 25 heavy (non-hydrogen) atoms. The quantitative estimate of drug-likeness (QED) is 0.909. The summed E-state index contributed by atoms with van der Waals surface area (Å²) in [6.45, 7) is 7.65. The smallest absolute Gasteiger partial charge is 0.244 e. The van der Waals surface area contributed by atoms with Crippen LogP contribution in [0.1, 0.15) is 33.3 Å². The molecule has 0 aliphatic heterocycles. The molecule has 0 aliphatic rings. The van der Waals surface area contributed by atoms with Crippen LogP contribution in [0.2, 0.25) is 0 Å². The number of carbonyl (C=O) groups excluding carboxylic acids is 2. The first-order valence-corrected chi connectivity index (χ1v) is 8.11. The Morgan fingerprint density at radius 2 is 1.56 bits per heavy atom. The van der Waals surface area contributed by atoms with Crippen LogP contribution in [0.4, 0.5) is 15.8 Å². The van der Waals surface area contributed by atoms with Crippen LogP contribution >= 0.6 is 0 Å². The molecular weight excluding hydrogens is 319 g/mol. The Kier molecular flexibility index (Phi) is 5.57. The minimum absolute atomic E-state index is 0.0134. The summed E-state index contributed by atoms with van der Waals surface area (Å²) in [6, 6.07) is 13.1. The first-order chi connectivity index (χ1) is 11.7. The molecule has 2 aromatic carbocycles. The van der Waals surface area contributed by atoms with Crippen molar-refractivity contribution in [2.24, 2.45) is 0 Å². The van der Waals surface area contributed by atoms with Gasteiger partial charge in [-0.05, 0) is 47.4 Å². The molecular formula is C20H23FN2O2. The van der Waals surface area contributed by atoms with Gasteiger partial charge in [0.15, 0.2) is 0 Å². The van der Waals surface area contributed by atoms with Gasteiger partial charge in [-0.25, -0.2) is 4.39 Å². The fourth-order valence-corrected chi connectivity index (χ4v) is 2.40. The molecule has 0 radical (unpaired) electrons. The summed E-state index contributed by atoms with van der Waals surface area (Å²) >= 11 is 0. The molecule has 5 heteroatoms. The maximum absolute atomic E-state index is 12.9. The van der Waals surface area contributed by atoms with Gasteiger partial charge in [0.25, 0.3) is 0 Å². The molecule has 2 rings (SSSR count). The zero-order chi connectivity index (χ0) is 18.6. The summed E-state index contributed by atoms with van der Waals surface area (Å²) < 4.78 is 12.9. The third-order valence-corrected chi connectivity index (χ3v) is 3.85. The maximum Gasteiger partial charge on any atom is 0.244 e. The van der Waals surface area contributed by atoms with Crippen molar-refractivity contribution in [3.63, 3.8) is 0 Å². The van der Waals surface area contributed by atoms with E-state index in [1.165, 1.54) is 36.1 Å². The number of hydrogen-bond donors (Lipinski definition) is 1. The molecule has 0 saturated carbocycles. The molecule has 0 unspecified atom stereocenters. The van der Waals surface area contributed by atoms with E-state index in [9.17, 15) is 14.0 Å². The summed E-state index contributed by atoms with van der Waals surface area (Å²) in [6.07, 6.45) is 0. The van der Waals surface area contributed by atoms with E-state index >= 15 is 0 Å². The predicted octanol–water partition coefficient (Wildman–Crippen LogP) is 4.11. The van der Waals surface area contributed by atoms with Gasteiger partial charge in [-0.2, -0.15) is 0 Å². The first-order valence-electron chi connectivity index (χ1n) is 8.11. The van der Waals surface area contributed by atoms with Gasteiger partial charge in [0.1, 0.15) is 12.4 Å². The Balaban J connectivity index is 2.11. The highest BCUT2D eigenvalue weighted by molar-refractivity contribution is 6.01. The number of hydrogen-bond acceptors (Lipinski definition) is 2. The van der Waals surface area contributed by atoms with E-state index < -0.39 is 0 Å². The van der Waals surface area contributed by atoms with Crippen molar-refractivity contribution in [2.75, 3.05) is 16.8 Å². The van der Waals surface area contributed by atoms with Crippen molar-refractivity contribution >= 4 is 23.2 Å². The average molecular weight is 342 g/mol. The standard InChI is InChI=1S/C20H23FN2O2/c1-14(24)23(18-11-5-15(6-12-18)20(2,3)4)13-19(25)22-17-9-7-16(21)8-10-17/h5-12H,13H2,1-4H3,(H,22,25). The van der Waals surface area contributed by atoms with Crippen molar-refractivity contribution in [3.05, 3.63) is 59.9 Å². The molecule has 0 atom stereocenters. The van der Waals surface area contributed by atoms with E-state index in [0.29, 0.717) is 11.4 Å². The fourth-order valence-electron chi connectivity index (χ4n) is 2.40. The van der Waals surface area contributed by atoms with E-state index in [2.05, 4.69) is 26.1 Å². The molecule has 2 aromatic rings. The number of nitrogens with one attached hydrogen (secondary N) is 1. The first kappa shape index (κ1) is 18.6. The Labute approximate surface area is 147 Å². The van der Waals surface area contributed by atoms with Crippen LogP contribution in [-0.4, -0.2) is 18.4 Å². The molecule has 132 valence electrons. The highest BCUT2D eigenvalue weighted by atomic mass is 19.1. The SMILES string of the molecule is CC(=O)N(CC(=O)Nc1ccc(F)cc1)c1ccc(C(C)(C)C)cc1. The lowest BCUT2D eigenvalue weighted by Crippen LogP contribution is -2.36. The van der Waals surface area contributed by atoms with Gasteiger partial charge >= 0.3 is 0 Å². The number of benzene rings is 2. The Morgan fingerprint density at radius 1 is 1.00 bits per heavy atom. The molecule has 0 bridgehead atoms. The number of carbonyl (C=O) groups is 2. The second-order valence-corrected chi connectivity index (χ2v) is 6.96. The summed E-state index contributed by atoms with van der Waals surface area (Å²) in [5.41, 5.74) is 2.31. The Morgan fingerprint density at radius 3 is 2.04 bits per heavy atom. The number of nitrogens with zero attached hydrogens (tertiary/aromatic N) is 1. The largest absolute Gasteiger partial charge is 0.325 e. The number of halogens is 1. The molecule has 1 N–H and O–H groups in total. The minimum Gasteiger partial charge on any atom is -0.325 e. The molecule has 4 nitrogen and oxygen atoms in total. The number of anilines is 2.